The quantitative estimate of drug-likeness (QED) is 0.356. The van der Waals surface area contributed by atoms with Crippen LogP contribution < -0.4 is 10.6 Å². The van der Waals surface area contributed by atoms with Crippen molar-refractivity contribution in [1.29, 1.82) is 0 Å². The number of amides is 2. The summed E-state index contributed by atoms with van der Waals surface area (Å²) in [5.74, 6) is -1.40. The maximum Gasteiger partial charge on any atom is 0.339 e. The summed E-state index contributed by atoms with van der Waals surface area (Å²) in [5.41, 5.74) is 2.35. The third kappa shape index (κ3) is 5.38. The van der Waals surface area contributed by atoms with Gasteiger partial charge in [0.15, 0.2) is 12.3 Å². The van der Waals surface area contributed by atoms with E-state index < -0.39 is 18.5 Å². The van der Waals surface area contributed by atoms with Gasteiger partial charge < -0.3 is 15.4 Å². The first-order valence-corrected chi connectivity index (χ1v) is 12.0. The van der Waals surface area contributed by atoms with E-state index in [9.17, 15) is 14.4 Å². The highest BCUT2D eigenvalue weighted by Crippen LogP contribution is 2.29. The second-order valence-electron chi connectivity index (χ2n) is 8.02. The third-order valence-corrected chi connectivity index (χ3v) is 6.02. The monoisotopic (exact) mass is 491 g/mol. The molecule has 35 heavy (non-hydrogen) atoms. The Morgan fingerprint density at radius 3 is 2.69 bits per heavy atom. The smallest absolute Gasteiger partial charge is 0.339 e. The number of thiophene rings is 1. The van der Waals surface area contributed by atoms with Crippen molar-refractivity contribution in [2.24, 2.45) is 0 Å². The molecule has 2 amide bonds. The fraction of sp³-hybridized carbons (Fsp3) is 0.240. The lowest BCUT2D eigenvalue weighted by atomic mass is 10.1. The zero-order valence-corrected chi connectivity index (χ0v) is 20.4. The molecule has 3 aromatic heterocycles. The lowest BCUT2D eigenvalue weighted by Gasteiger charge is -2.11. The van der Waals surface area contributed by atoms with Crippen molar-refractivity contribution < 1.29 is 19.1 Å². The molecule has 4 rings (SSSR count). The molecule has 0 saturated heterocycles. The topological polar surface area (TPSA) is 115 Å². The van der Waals surface area contributed by atoms with E-state index in [1.807, 2.05) is 38.3 Å². The van der Waals surface area contributed by atoms with Gasteiger partial charge in [0.05, 0.1) is 27.7 Å². The van der Waals surface area contributed by atoms with Crippen molar-refractivity contribution in [3.8, 4) is 10.6 Å². The summed E-state index contributed by atoms with van der Waals surface area (Å²) in [6, 6.07) is 12.1. The van der Waals surface area contributed by atoms with Gasteiger partial charge in [-0.3, -0.25) is 9.59 Å². The number of nitrogens with zero attached hydrogens (tertiary/aromatic N) is 3. The molecule has 0 radical (unpaired) electrons. The van der Waals surface area contributed by atoms with Crippen molar-refractivity contribution in [2.45, 2.75) is 26.8 Å². The number of anilines is 1. The molecule has 2 N–H and O–H groups in total. The molecule has 4 aromatic rings. The fourth-order valence-electron chi connectivity index (χ4n) is 3.52. The molecule has 0 atom stereocenters. The van der Waals surface area contributed by atoms with Gasteiger partial charge in [-0.25, -0.2) is 14.5 Å². The number of carbonyl (C=O) groups is 3. The number of ether oxygens (including phenoxy) is 1. The highest BCUT2D eigenvalue weighted by atomic mass is 32.1. The average molecular weight is 492 g/mol. The Morgan fingerprint density at radius 1 is 1.14 bits per heavy atom. The number of fused-ring (bicyclic) bond motifs is 1. The van der Waals surface area contributed by atoms with Crippen LogP contribution in [0, 0.1) is 0 Å². The molecule has 0 spiro atoms. The minimum atomic E-state index is -0.648. The number of carbonyl (C=O) groups excluding carboxylic acids is 3. The fourth-order valence-corrected chi connectivity index (χ4v) is 4.21. The minimum Gasteiger partial charge on any atom is -0.452 e. The molecule has 9 nitrogen and oxygen atoms in total. The number of rotatable bonds is 8. The van der Waals surface area contributed by atoms with E-state index in [0.717, 1.165) is 4.88 Å². The number of esters is 1. The lowest BCUT2D eigenvalue weighted by molar-refractivity contribution is -0.119. The number of hydrogen-bond donors (Lipinski definition) is 2. The first-order valence-electron chi connectivity index (χ1n) is 11.1. The van der Waals surface area contributed by atoms with Crippen LogP contribution in [0.25, 0.3) is 21.6 Å². The summed E-state index contributed by atoms with van der Waals surface area (Å²) in [6.07, 6.45) is 1.59. The summed E-state index contributed by atoms with van der Waals surface area (Å²) in [6.45, 7) is 5.80. The Hall–Kier alpha value is -4.05. The van der Waals surface area contributed by atoms with Gasteiger partial charge in [0, 0.05) is 23.8 Å². The third-order valence-electron chi connectivity index (χ3n) is 5.13. The van der Waals surface area contributed by atoms with Crippen LogP contribution in [0.5, 0.6) is 0 Å². The van der Waals surface area contributed by atoms with E-state index >= 15 is 0 Å². The number of pyridine rings is 1. The molecular weight excluding hydrogens is 466 g/mol. The zero-order chi connectivity index (χ0) is 24.9. The molecule has 0 aliphatic heterocycles. The van der Waals surface area contributed by atoms with E-state index in [4.69, 9.17) is 9.72 Å². The van der Waals surface area contributed by atoms with Crippen LogP contribution in [0.2, 0.25) is 0 Å². The molecule has 0 aliphatic rings. The molecule has 0 saturated carbocycles. The summed E-state index contributed by atoms with van der Waals surface area (Å²) in [4.78, 5) is 43.1. The van der Waals surface area contributed by atoms with E-state index in [2.05, 4.69) is 15.7 Å². The Bertz CT molecular complexity index is 1380. The van der Waals surface area contributed by atoms with E-state index in [0.29, 0.717) is 34.5 Å². The summed E-state index contributed by atoms with van der Waals surface area (Å²) in [7, 11) is 0. The highest BCUT2D eigenvalue weighted by molar-refractivity contribution is 7.13. The molecule has 1 aromatic carbocycles. The van der Waals surface area contributed by atoms with Gasteiger partial charge >= 0.3 is 5.97 Å². The molecule has 3 heterocycles. The summed E-state index contributed by atoms with van der Waals surface area (Å²) in [5, 5.41) is 12.2. The first-order chi connectivity index (χ1) is 16.9. The van der Waals surface area contributed by atoms with Gasteiger partial charge in [-0.15, -0.1) is 11.3 Å². The molecule has 0 unspecified atom stereocenters. The van der Waals surface area contributed by atoms with E-state index in [1.54, 1.807) is 41.2 Å². The van der Waals surface area contributed by atoms with Crippen molar-refractivity contribution in [3.63, 3.8) is 0 Å². The Morgan fingerprint density at radius 2 is 1.97 bits per heavy atom. The van der Waals surface area contributed by atoms with E-state index in [1.165, 1.54) is 11.3 Å². The second kappa shape index (κ2) is 10.5. The molecule has 0 bridgehead atoms. The van der Waals surface area contributed by atoms with Gasteiger partial charge in [0.1, 0.15) is 0 Å². The highest BCUT2D eigenvalue weighted by Gasteiger charge is 2.20. The van der Waals surface area contributed by atoms with Crippen LogP contribution in [0.3, 0.4) is 0 Å². The van der Waals surface area contributed by atoms with E-state index in [-0.39, 0.29) is 17.5 Å². The van der Waals surface area contributed by atoms with Crippen LogP contribution in [0.1, 0.15) is 47.5 Å². The first kappa shape index (κ1) is 24.1. The van der Waals surface area contributed by atoms with Crippen molar-refractivity contribution in [3.05, 3.63) is 65.2 Å². The molecular formula is C25H25N5O4S. The summed E-state index contributed by atoms with van der Waals surface area (Å²) < 4.78 is 7.08. The number of aromatic nitrogens is 3. The normalized spacial score (nSPS) is 11.0. The van der Waals surface area contributed by atoms with Gasteiger partial charge in [0.2, 0.25) is 0 Å². The maximum atomic E-state index is 13.0. The van der Waals surface area contributed by atoms with Crippen molar-refractivity contribution in [2.75, 3.05) is 18.5 Å². The number of nitrogens with one attached hydrogen (secondary N) is 2. The number of hydrogen-bond acceptors (Lipinski definition) is 7. The SMILES string of the molecule is CCNC(=O)c1cccc(NC(=O)COC(=O)c2cc(-c3cccs3)nc3c2cnn3C(C)C)c1. The van der Waals surface area contributed by atoms with Crippen LogP contribution >= 0.6 is 11.3 Å². The second-order valence-corrected chi connectivity index (χ2v) is 8.96. The predicted molar refractivity (Wildman–Crippen MR) is 135 cm³/mol. The maximum absolute atomic E-state index is 13.0. The van der Waals surface area contributed by atoms with Crippen molar-refractivity contribution >= 4 is 45.8 Å². The van der Waals surface area contributed by atoms with Gasteiger partial charge in [-0.2, -0.15) is 5.10 Å². The van der Waals surface area contributed by atoms with Crippen LogP contribution in [-0.4, -0.2) is 45.7 Å². The van der Waals surface area contributed by atoms with Gasteiger partial charge in [0.25, 0.3) is 11.8 Å². The average Bonchev–Trinajstić information content (AvgIpc) is 3.52. The largest absolute Gasteiger partial charge is 0.452 e. The molecule has 0 aliphatic carbocycles. The van der Waals surface area contributed by atoms with Gasteiger partial charge in [-0.05, 0) is 56.5 Å². The van der Waals surface area contributed by atoms with Crippen molar-refractivity contribution in [1.82, 2.24) is 20.1 Å². The summed E-state index contributed by atoms with van der Waals surface area (Å²) >= 11 is 1.51. The molecule has 10 heteroatoms. The van der Waals surface area contributed by atoms with Gasteiger partial charge in [-0.1, -0.05) is 12.1 Å². The van der Waals surface area contributed by atoms with Crippen LogP contribution in [0.4, 0.5) is 5.69 Å². The Kier molecular flexibility index (Phi) is 7.21. The predicted octanol–water partition coefficient (Wildman–Crippen LogP) is 4.29. The minimum absolute atomic E-state index is 0.0448. The van der Waals surface area contributed by atoms with Crippen LogP contribution in [0.15, 0.2) is 54.0 Å². The Balaban J connectivity index is 1.51. The lowest BCUT2D eigenvalue weighted by Crippen LogP contribution is -2.23. The standard InChI is InChI=1S/C25H25N5O4S/c1-4-26-24(32)16-7-5-8-17(11-16)28-22(31)14-34-25(33)18-12-20(21-9-6-10-35-21)29-23-19(18)13-27-30(23)15(2)3/h5-13,15H,4,14H2,1-3H3,(H,26,32)(H,28,31). The Labute approximate surface area is 206 Å². The molecule has 0 fully saturated rings. The molecule has 180 valence electrons. The zero-order valence-electron chi connectivity index (χ0n) is 19.6. The number of benzene rings is 1. The van der Waals surface area contributed by atoms with Crippen LogP contribution in [-0.2, 0) is 9.53 Å².